The second-order valence-electron chi connectivity index (χ2n) is 4.69. The van der Waals surface area contributed by atoms with E-state index in [1.165, 1.54) is 6.20 Å². The summed E-state index contributed by atoms with van der Waals surface area (Å²) in [6, 6.07) is 9.71. The summed E-state index contributed by atoms with van der Waals surface area (Å²) in [7, 11) is 1.55. The average Bonchev–Trinajstić information content (AvgIpc) is 2.55. The Morgan fingerprint density at radius 3 is 2.68 bits per heavy atom. The van der Waals surface area contributed by atoms with Crippen LogP contribution in [0.2, 0.25) is 0 Å². The third-order valence-electron chi connectivity index (χ3n) is 3.19. The number of rotatable bonds is 6. The fourth-order valence-corrected chi connectivity index (χ4v) is 2.05. The van der Waals surface area contributed by atoms with Gasteiger partial charge in [-0.2, -0.15) is 0 Å². The number of carbonyl (C=O) groups excluding carboxylic acids is 2. The van der Waals surface area contributed by atoms with E-state index in [9.17, 15) is 9.59 Å². The standard InChI is InChI=1S/C16H17N3O3/c1-22-14-7-3-2-5-11(14)9-13(15(17)20)19-16(21)12-6-4-8-18-10-12/h2-8,10,13H,9H2,1H3,(H2,17,20)(H,19,21)/t13-/m0/s1. The summed E-state index contributed by atoms with van der Waals surface area (Å²) >= 11 is 0. The Kier molecular flexibility index (Phi) is 5.08. The normalized spacial score (nSPS) is 11.5. The largest absolute Gasteiger partial charge is 0.496 e. The SMILES string of the molecule is COc1ccccc1C[C@H](NC(=O)c1cccnc1)C(N)=O. The van der Waals surface area contributed by atoms with E-state index in [0.29, 0.717) is 11.3 Å². The summed E-state index contributed by atoms with van der Waals surface area (Å²) < 4.78 is 5.24. The summed E-state index contributed by atoms with van der Waals surface area (Å²) in [4.78, 5) is 27.6. The van der Waals surface area contributed by atoms with Crippen LogP contribution in [0.4, 0.5) is 0 Å². The maximum atomic E-state index is 12.1. The van der Waals surface area contributed by atoms with Gasteiger partial charge in [0.15, 0.2) is 0 Å². The fourth-order valence-electron chi connectivity index (χ4n) is 2.05. The Bertz CT molecular complexity index is 659. The molecule has 0 unspecified atom stereocenters. The molecule has 0 radical (unpaired) electrons. The molecule has 2 rings (SSSR count). The van der Waals surface area contributed by atoms with Crippen molar-refractivity contribution in [3.05, 3.63) is 59.9 Å². The number of carbonyl (C=O) groups is 2. The molecule has 0 spiro atoms. The predicted octanol–water partition coefficient (Wildman–Crippen LogP) is 0.917. The smallest absolute Gasteiger partial charge is 0.253 e. The number of ether oxygens (including phenoxy) is 1. The first-order valence-electron chi connectivity index (χ1n) is 6.74. The van der Waals surface area contributed by atoms with E-state index in [4.69, 9.17) is 10.5 Å². The van der Waals surface area contributed by atoms with Gasteiger partial charge in [0.2, 0.25) is 5.91 Å². The first kappa shape index (κ1) is 15.5. The van der Waals surface area contributed by atoms with Crippen molar-refractivity contribution in [2.45, 2.75) is 12.5 Å². The van der Waals surface area contributed by atoms with Crippen molar-refractivity contribution in [2.24, 2.45) is 5.73 Å². The lowest BCUT2D eigenvalue weighted by Gasteiger charge is -2.17. The quantitative estimate of drug-likeness (QED) is 0.829. The number of primary amides is 1. The Labute approximate surface area is 128 Å². The Balaban J connectivity index is 2.14. The van der Waals surface area contributed by atoms with Crippen LogP contribution in [0.5, 0.6) is 5.75 Å². The van der Waals surface area contributed by atoms with Gasteiger partial charge in [-0.05, 0) is 23.8 Å². The number of benzene rings is 1. The first-order chi connectivity index (χ1) is 10.6. The van der Waals surface area contributed by atoms with E-state index in [2.05, 4.69) is 10.3 Å². The molecule has 1 heterocycles. The van der Waals surface area contributed by atoms with Crippen LogP contribution >= 0.6 is 0 Å². The van der Waals surface area contributed by atoms with Gasteiger partial charge in [0.25, 0.3) is 5.91 Å². The highest BCUT2D eigenvalue weighted by atomic mass is 16.5. The lowest BCUT2D eigenvalue weighted by Crippen LogP contribution is -2.45. The van der Waals surface area contributed by atoms with Crippen molar-refractivity contribution in [3.63, 3.8) is 0 Å². The van der Waals surface area contributed by atoms with Crippen molar-refractivity contribution in [3.8, 4) is 5.75 Å². The molecule has 1 aromatic heterocycles. The maximum absolute atomic E-state index is 12.1. The first-order valence-corrected chi connectivity index (χ1v) is 6.74. The summed E-state index contributed by atoms with van der Waals surface area (Å²) in [5, 5.41) is 2.62. The zero-order chi connectivity index (χ0) is 15.9. The van der Waals surface area contributed by atoms with Gasteiger partial charge >= 0.3 is 0 Å². The van der Waals surface area contributed by atoms with E-state index < -0.39 is 17.9 Å². The molecule has 6 nitrogen and oxygen atoms in total. The minimum Gasteiger partial charge on any atom is -0.496 e. The van der Waals surface area contributed by atoms with Crippen molar-refractivity contribution in [2.75, 3.05) is 7.11 Å². The van der Waals surface area contributed by atoms with Crippen molar-refractivity contribution in [1.82, 2.24) is 10.3 Å². The molecule has 22 heavy (non-hydrogen) atoms. The van der Waals surface area contributed by atoms with Crippen LogP contribution in [0, 0.1) is 0 Å². The van der Waals surface area contributed by atoms with Crippen LogP contribution in [0.3, 0.4) is 0 Å². The topological polar surface area (TPSA) is 94.3 Å². The molecular formula is C16H17N3O3. The van der Waals surface area contributed by atoms with Crippen LogP contribution in [-0.2, 0) is 11.2 Å². The Hall–Kier alpha value is -2.89. The molecule has 0 aliphatic heterocycles. The molecular weight excluding hydrogens is 282 g/mol. The van der Waals surface area contributed by atoms with Gasteiger partial charge in [-0.25, -0.2) is 0 Å². The zero-order valence-corrected chi connectivity index (χ0v) is 12.2. The lowest BCUT2D eigenvalue weighted by molar-refractivity contribution is -0.119. The van der Waals surface area contributed by atoms with Gasteiger partial charge in [0, 0.05) is 18.8 Å². The highest BCUT2D eigenvalue weighted by molar-refractivity contribution is 5.97. The van der Waals surface area contributed by atoms with Crippen LogP contribution in [-0.4, -0.2) is 29.9 Å². The number of nitrogens with two attached hydrogens (primary N) is 1. The zero-order valence-electron chi connectivity index (χ0n) is 12.2. The number of para-hydroxylation sites is 1. The minimum atomic E-state index is -0.830. The fraction of sp³-hybridized carbons (Fsp3) is 0.188. The van der Waals surface area contributed by atoms with Crippen molar-refractivity contribution in [1.29, 1.82) is 0 Å². The molecule has 3 N–H and O–H groups in total. The van der Waals surface area contributed by atoms with Crippen LogP contribution in [0.15, 0.2) is 48.8 Å². The van der Waals surface area contributed by atoms with Crippen molar-refractivity contribution < 1.29 is 14.3 Å². The number of nitrogens with zero attached hydrogens (tertiary/aromatic N) is 1. The molecule has 0 aliphatic rings. The van der Waals surface area contributed by atoms with Gasteiger partial charge in [-0.15, -0.1) is 0 Å². The summed E-state index contributed by atoms with van der Waals surface area (Å²) in [5.74, 6) is -0.362. The highest BCUT2D eigenvalue weighted by Gasteiger charge is 2.21. The molecule has 0 fully saturated rings. The van der Waals surface area contributed by atoms with Gasteiger partial charge in [-0.1, -0.05) is 18.2 Å². The number of methoxy groups -OCH3 is 1. The van der Waals surface area contributed by atoms with Gasteiger partial charge in [0.1, 0.15) is 11.8 Å². The number of hydrogen-bond donors (Lipinski definition) is 2. The highest BCUT2D eigenvalue weighted by Crippen LogP contribution is 2.19. The molecule has 1 atom stereocenters. The molecule has 1 aromatic carbocycles. The van der Waals surface area contributed by atoms with E-state index in [1.54, 1.807) is 31.5 Å². The lowest BCUT2D eigenvalue weighted by atomic mass is 10.0. The third kappa shape index (κ3) is 3.82. The number of pyridine rings is 1. The Morgan fingerprint density at radius 2 is 2.05 bits per heavy atom. The molecule has 0 bridgehead atoms. The molecule has 114 valence electrons. The predicted molar refractivity (Wildman–Crippen MR) is 81.4 cm³/mol. The Morgan fingerprint density at radius 1 is 1.27 bits per heavy atom. The van der Waals surface area contributed by atoms with Crippen LogP contribution in [0.1, 0.15) is 15.9 Å². The summed E-state index contributed by atoms with van der Waals surface area (Å²) in [5.41, 5.74) is 6.55. The molecule has 2 amide bonds. The van der Waals surface area contributed by atoms with E-state index in [-0.39, 0.29) is 6.42 Å². The molecule has 0 saturated heterocycles. The molecule has 2 aromatic rings. The number of nitrogens with one attached hydrogen (secondary N) is 1. The molecule has 6 heteroatoms. The van der Waals surface area contributed by atoms with Gasteiger partial charge in [-0.3, -0.25) is 14.6 Å². The van der Waals surface area contributed by atoms with Crippen LogP contribution < -0.4 is 15.8 Å². The van der Waals surface area contributed by atoms with Gasteiger partial charge < -0.3 is 15.8 Å². The second kappa shape index (κ2) is 7.21. The van der Waals surface area contributed by atoms with E-state index in [1.807, 2.05) is 18.2 Å². The van der Waals surface area contributed by atoms with Crippen molar-refractivity contribution >= 4 is 11.8 Å². The van der Waals surface area contributed by atoms with Crippen LogP contribution in [0.25, 0.3) is 0 Å². The third-order valence-corrected chi connectivity index (χ3v) is 3.19. The minimum absolute atomic E-state index is 0.255. The average molecular weight is 299 g/mol. The van der Waals surface area contributed by atoms with E-state index >= 15 is 0 Å². The second-order valence-corrected chi connectivity index (χ2v) is 4.69. The molecule has 0 saturated carbocycles. The van der Waals surface area contributed by atoms with E-state index in [0.717, 1.165) is 5.56 Å². The summed E-state index contributed by atoms with van der Waals surface area (Å²) in [6.45, 7) is 0. The van der Waals surface area contributed by atoms with Gasteiger partial charge in [0.05, 0.1) is 12.7 Å². The maximum Gasteiger partial charge on any atom is 0.253 e. The summed E-state index contributed by atoms with van der Waals surface area (Å²) in [6.07, 6.45) is 3.25. The number of hydrogen-bond acceptors (Lipinski definition) is 4. The monoisotopic (exact) mass is 299 g/mol. The molecule has 0 aliphatic carbocycles. The number of aromatic nitrogens is 1. The number of amides is 2.